The molecule has 3 aliphatic heterocycles. The number of aromatic nitrogens is 1. The molecule has 2 aromatic rings. The first-order chi connectivity index (χ1) is 21.1. The number of halogens is 5. The number of alkyl halides is 3. The third-order valence-electron chi connectivity index (χ3n) is 8.59. The van der Waals surface area contributed by atoms with Crippen LogP contribution in [0.25, 0.3) is 0 Å². The van der Waals surface area contributed by atoms with Crippen LogP contribution in [0.15, 0.2) is 39.8 Å². The molecule has 0 bridgehead atoms. The Morgan fingerprint density at radius 3 is 2.69 bits per heavy atom. The number of benzene rings is 1. The van der Waals surface area contributed by atoms with Gasteiger partial charge in [-0.15, -0.1) is 11.3 Å². The average Bonchev–Trinajstić information content (AvgIpc) is 3.66. The van der Waals surface area contributed by atoms with E-state index in [-0.39, 0.29) is 53.8 Å². The van der Waals surface area contributed by atoms with Gasteiger partial charge in [0.25, 0.3) is 5.92 Å². The minimum Gasteiger partial charge on any atom is -0.481 e. The van der Waals surface area contributed by atoms with Gasteiger partial charge in [-0.3, -0.25) is 19.6 Å². The number of carbonyl (C=O) groups is 2. The number of nitrogens with one attached hydrogen (secondary N) is 1. The summed E-state index contributed by atoms with van der Waals surface area (Å²) in [5.74, 6) is -5.84. The molecule has 0 radical (unpaired) electrons. The van der Waals surface area contributed by atoms with Gasteiger partial charge in [0, 0.05) is 48.0 Å². The maximum atomic E-state index is 15.7. The van der Waals surface area contributed by atoms with Gasteiger partial charge in [-0.1, -0.05) is 23.7 Å². The number of carboxylic acid groups (broad SMARTS) is 1. The number of fused-ring (bicyclic) bond motifs is 1. The number of likely N-dealkylation sites (tertiary alicyclic amines) is 2. The molecule has 5 rings (SSSR count). The summed E-state index contributed by atoms with van der Waals surface area (Å²) in [6.45, 7) is 4.72. The highest BCUT2D eigenvalue weighted by molar-refractivity contribution is 7.11. The van der Waals surface area contributed by atoms with Gasteiger partial charge in [0.15, 0.2) is 10.8 Å². The molecule has 0 spiro atoms. The molecule has 4 atom stereocenters. The normalized spacial score (nSPS) is 24.3. The molecule has 3 aliphatic rings. The molecule has 2 fully saturated rings. The van der Waals surface area contributed by atoms with E-state index in [9.17, 15) is 19.1 Å². The SMILES string of the molecule is CCOC(=O)C1=C(CN2CC(F)(F)[C@H]3[C@@H]2CCN3C[C@@H](F)C(C)(C)C(=O)O)NC(c2nc(C)cs2)=N[C@@H]1c1cccc(F)c1Cl. The number of rotatable bonds is 10. The van der Waals surface area contributed by atoms with E-state index in [1.165, 1.54) is 53.2 Å². The van der Waals surface area contributed by atoms with Crippen LogP contribution in [0.5, 0.6) is 0 Å². The molecule has 2 N–H and O–H groups in total. The van der Waals surface area contributed by atoms with Crippen molar-refractivity contribution < 1.29 is 37.0 Å². The quantitative estimate of drug-likeness (QED) is 0.269. The van der Waals surface area contributed by atoms with Crippen molar-refractivity contribution in [1.82, 2.24) is 20.1 Å². The Bertz CT molecular complexity index is 1550. The largest absolute Gasteiger partial charge is 0.481 e. The van der Waals surface area contributed by atoms with Crippen molar-refractivity contribution in [2.75, 3.05) is 32.8 Å². The van der Waals surface area contributed by atoms with E-state index in [2.05, 4.69) is 10.3 Å². The minimum atomic E-state index is -3.26. The molecule has 1 aromatic heterocycles. The highest BCUT2D eigenvalue weighted by Gasteiger charge is 2.60. The Kier molecular flexibility index (Phi) is 9.33. The predicted molar refractivity (Wildman–Crippen MR) is 161 cm³/mol. The van der Waals surface area contributed by atoms with Crippen LogP contribution < -0.4 is 5.32 Å². The van der Waals surface area contributed by atoms with Gasteiger partial charge in [0.1, 0.15) is 18.0 Å². The summed E-state index contributed by atoms with van der Waals surface area (Å²) in [6, 6.07) is 0.929. The van der Waals surface area contributed by atoms with E-state index in [4.69, 9.17) is 21.3 Å². The summed E-state index contributed by atoms with van der Waals surface area (Å²) < 4.78 is 66.5. The second kappa shape index (κ2) is 12.6. The van der Waals surface area contributed by atoms with Crippen LogP contribution >= 0.6 is 22.9 Å². The summed E-state index contributed by atoms with van der Waals surface area (Å²) in [4.78, 5) is 37.1. The maximum absolute atomic E-state index is 15.7. The molecule has 0 amide bonds. The Balaban J connectivity index is 1.53. The molecule has 0 saturated carbocycles. The Morgan fingerprint density at radius 2 is 2.04 bits per heavy atom. The number of hydrogen-bond donors (Lipinski definition) is 2. The van der Waals surface area contributed by atoms with Crippen molar-refractivity contribution in [1.29, 1.82) is 0 Å². The smallest absolute Gasteiger partial charge is 0.338 e. The number of hydrogen-bond acceptors (Lipinski definition) is 9. The first-order valence-corrected chi connectivity index (χ1v) is 15.8. The van der Waals surface area contributed by atoms with Crippen LogP contribution in [0.1, 0.15) is 49.5 Å². The van der Waals surface area contributed by atoms with Crippen molar-refractivity contribution >= 4 is 40.7 Å². The molecule has 15 heteroatoms. The summed E-state index contributed by atoms with van der Waals surface area (Å²) in [5, 5.41) is 14.6. The van der Waals surface area contributed by atoms with Gasteiger partial charge >= 0.3 is 11.9 Å². The molecule has 45 heavy (non-hydrogen) atoms. The summed E-state index contributed by atoms with van der Waals surface area (Å²) in [5.41, 5.74) is -0.631. The zero-order valence-electron chi connectivity index (χ0n) is 25.1. The van der Waals surface area contributed by atoms with Crippen LogP contribution in [0.3, 0.4) is 0 Å². The van der Waals surface area contributed by atoms with E-state index >= 15 is 13.2 Å². The number of aryl methyl sites for hydroxylation is 1. The topological polar surface area (TPSA) is 107 Å². The third kappa shape index (κ3) is 6.34. The molecule has 9 nitrogen and oxygen atoms in total. The number of ether oxygens (including phenoxy) is 1. The van der Waals surface area contributed by atoms with E-state index < -0.39 is 66.5 Å². The van der Waals surface area contributed by atoms with E-state index in [1.807, 2.05) is 0 Å². The highest BCUT2D eigenvalue weighted by atomic mass is 35.5. The Morgan fingerprint density at radius 1 is 1.31 bits per heavy atom. The van der Waals surface area contributed by atoms with E-state index in [1.54, 1.807) is 19.2 Å². The number of carbonyl (C=O) groups excluding carboxylic acids is 1. The average molecular weight is 672 g/mol. The zero-order valence-corrected chi connectivity index (χ0v) is 26.7. The number of aliphatic imine (C=N–C) groups is 1. The fraction of sp³-hybridized carbons (Fsp3) is 0.533. The van der Waals surface area contributed by atoms with Crippen molar-refractivity contribution in [3.05, 3.63) is 62.0 Å². The van der Waals surface area contributed by atoms with Gasteiger partial charge in [0.05, 0.1) is 35.2 Å². The third-order valence-corrected chi connectivity index (χ3v) is 9.96. The molecule has 2 saturated heterocycles. The maximum Gasteiger partial charge on any atom is 0.338 e. The molecule has 0 unspecified atom stereocenters. The van der Waals surface area contributed by atoms with E-state index in [0.717, 1.165) is 0 Å². The molecule has 4 heterocycles. The lowest BCUT2D eigenvalue weighted by Gasteiger charge is -2.33. The lowest BCUT2D eigenvalue weighted by molar-refractivity contribution is -0.151. The molecular formula is C30H34ClF4N5O4S. The standard InChI is InChI=1S/C30H34ClF4N5O4S/c1-5-44-27(41)21-18(37-25(26-36-15(2)13-45-26)38-23(21)16-7-6-8-17(32)22(16)31)11-40-14-30(34,35)24-19(40)9-10-39(24)12-20(33)29(3,4)28(42)43/h6-8,13,19-20,23-24H,5,9-12,14H2,1-4H3,(H,37,38)(H,42,43)/t19-,20+,23+,24+/m0/s1. The van der Waals surface area contributed by atoms with Crippen molar-refractivity contribution in [2.45, 2.75) is 64.3 Å². The fourth-order valence-corrected chi connectivity index (χ4v) is 7.07. The number of esters is 1. The number of thiazole rings is 1. The Labute approximate surface area is 266 Å². The molecule has 244 valence electrons. The monoisotopic (exact) mass is 671 g/mol. The number of carboxylic acids is 1. The fourth-order valence-electron chi connectivity index (χ4n) is 6.10. The second-order valence-corrected chi connectivity index (χ2v) is 13.2. The zero-order chi connectivity index (χ0) is 32.8. The number of nitrogens with zero attached hydrogens (tertiary/aromatic N) is 4. The van der Waals surface area contributed by atoms with Gasteiger partial charge < -0.3 is 15.2 Å². The molecule has 0 aliphatic carbocycles. The molecule has 1 aromatic carbocycles. The van der Waals surface area contributed by atoms with E-state index in [0.29, 0.717) is 10.7 Å². The van der Waals surface area contributed by atoms with Gasteiger partial charge in [-0.25, -0.2) is 27.3 Å². The first-order valence-electron chi connectivity index (χ1n) is 14.5. The van der Waals surface area contributed by atoms with Crippen molar-refractivity contribution in [3.63, 3.8) is 0 Å². The van der Waals surface area contributed by atoms with Crippen LogP contribution in [-0.4, -0.2) is 94.6 Å². The van der Waals surface area contributed by atoms with Crippen LogP contribution in [0, 0.1) is 18.2 Å². The first kappa shape index (κ1) is 33.3. The highest BCUT2D eigenvalue weighted by Crippen LogP contribution is 2.44. The number of aliphatic carboxylic acids is 1. The van der Waals surface area contributed by atoms with Gasteiger partial charge in [-0.05, 0) is 40.2 Å². The van der Waals surface area contributed by atoms with Crippen molar-refractivity contribution in [2.24, 2.45) is 10.4 Å². The molecular weight excluding hydrogens is 638 g/mol. The lowest BCUT2D eigenvalue weighted by Crippen LogP contribution is -2.50. The second-order valence-electron chi connectivity index (χ2n) is 12.0. The summed E-state index contributed by atoms with van der Waals surface area (Å²) >= 11 is 7.66. The number of amidine groups is 1. The predicted octanol–water partition coefficient (Wildman–Crippen LogP) is 5.00. The van der Waals surface area contributed by atoms with Crippen LogP contribution in [-0.2, 0) is 14.3 Å². The van der Waals surface area contributed by atoms with Crippen molar-refractivity contribution in [3.8, 4) is 0 Å². The summed E-state index contributed by atoms with van der Waals surface area (Å²) in [7, 11) is 0. The summed E-state index contributed by atoms with van der Waals surface area (Å²) in [6.07, 6.45) is -1.61. The van der Waals surface area contributed by atoms with Crippen LogP contribution in [0.2, 0.25) is 5.02 Å². The van der Waals surface area contributed by atoms with Crippen LogP contribution in [0.4, 0.5) is 17.6 Å². The minimum absolute atomic E-state index is 0.00460. The van der Waals surface area contributed by atoms with Gasteiger partial charge in [-0.2, -0.15) is 0 Å². The lowest BCUT2D eigenvalue weighted by atomic mass is 9.87. The van der Waals surface area contributed by atoms with Gasteiger partial charge in [0.2, 0.25) is 0 Å². The Hall–Kier alpha value is -3.07.